The van der Waals surface area contributed by atoms with E-state index in [2.05, 4.69) is 17.0 Å². The Morgan fingerprint density at radius 3 is 2.92 bits per heavy atom. The predicted molar refractivity (Wildman–Crippen MR) is 49.1 cm³/mol. The van der Waals surface area contributed by atoms with Crippen molar-refractivity contribution in [3.63, 3.8) is 0 Å². The normalized spacial score (nSPS) is 12.5. The van der Waals surface area contributed by atoms with Gasteiger partial charge in [-0.25, -0.2) is 9.82 Å². The molecule has 0 fully saturated rings. The van der Waals surface area contributed by atoms with E-state index < -0.39 is 6.04 Å². The molecule has 3 nitrogen and oxygen atoms in total. The van der Waals surface area contributed by atoms with E-state index >= 15 is 0 Å². The summed E-state index contributed by atoms with van der Waals surface area (Å²) >= 11 is 0. The summed E-state index contributed by atoms with van der Waals surface area (Å²) < 4.78 is 13.2. The van der Waals surface area contributed by atoms with Crippen molar-refractivity contribution in [3.8, 4) is 0 Å². The van der Waals surface area contributed by atoms with Crippen molar-refractivity contribution in [2.75, 3.05) is 0 Å². The number of hydrogen-bond donors (Lipinski definition) is 2. The Balaban J connectivity index is 3.04. The van der Waals surface area contributed by atoms with Gasteiger partial charge in [-0.15, -0.1) is 0 Å². The van der Waals surface area contributed by atoms with Gasteiger partial charge in [0.2, 0.25) is 0 Å². The average Bonchev–Trinajstić information content (AvgIpc) is 2.09. The number of hydrogen-bond acceptors (Lipinski definition) is 3. The number of nitrogens with one attached hydrogen (secondary N) is 1. The van der Waals surface area contributed by atoms with E-state index in [1.807, 2.05) is 0 Å². The van der Waals surface area contributed by atoms with E-state index in [1.54, 1.807) is 6.92 Å². The van der Waals surface area contributed by atoms with Crippen molar-refractivity contribution < 1.29 is 4.39 Å². The minimum Gasteiger partial charge on any atom is -0.271 e. The lowest BCUT2D eigenvalue weighted by atomic mass is 10.1. The average molecular weight is 181 g/mol. The maximum Gasteiger partial charge on any atom is 0.146 e. The first-order valence-corrected chi connectivity index (χ1v) is 3.88. The molecule has 13 heavy (non-hydrogen) atoms. The molecule has 70 valence electrons. The first kappa shape index (κ1) is 9.83. The lowest BCUT2D eigenvalue weighted by Gasteiger charge is -2.15. The number of nitrogens with two attached hydrogens (primary N) is 1. The molecular formula is C9H12FN3. The molecule has 3 N–H and O–H groups in total. The highest BCUT2D eigenvalue weighted by Gasteiger charge is 2.15. The standard InChI is InChI=1S/C9H12FN3/c1-6(2)8(13-11)9-7(10)4-3-5-12-9/h3-5,8,13H,1,11H2,2H3. The van der Waals surface area contributed by atoms with Gasteiger partial charge in [0.15, 0.2) is 0 Å². The minimum absolute atomic E-state index is 0.275. The number of hydrazine groups is 1. The second-order valence-corrected chi connectivity index (χ2v) is 2.82. The molecule has 0 spiro atoms. The summed E-state index contributed by atoms with van der Waals surface area (Å²) in [5, 5.41) is 0. The molecule has 0 bridgehead atoms. The third-order valence-corrected chi connectivity index (χ3v) is 1.72. The number of rotatable bonds is 3. The second kappa shape index (κ2) is 4.11. The Morgan fingerprint density at radius 1 is 1.77 bits per heavy atom. The van der Waals surface area contributed by atoms with Crippen LogP contribution in [0, 0.1) is 5.82 Å². The monoisotopic (exact) mass is 181 g/mol. The van der Waals surface area contributed by atoms with Crippen molar-refractivity contribution in [2.24, 2.45) is 5.84 Å². The van der Waals surface area contributed by atoms with Gasteiger partial charge in [-0.05, 0) is 19.1 Å². The third kappa shape index (κ3) is 2.11. The van der Waals surface area contributed by atoms with Crippen molar-refractivity contribution >= 4 is 0 Å². The largest absolute Gasteiger partial charge is 0.271 e. The summed E-state index contributed by atoms with van der Waals surface area (Å²) in [4.78, 5) is 3.89. The van der Waals surface area contributed by atoms with E-state index in [4.69, 9.17) is 5.84 Å². The lowest BCUT2D eigenvalue weighted by molar-refractivity contribution is 0.539. The fourth-order valence-electron chi connectivity index (χ4n) is 1.06. The van der Waals surface area contributed by atoms with Crippen molar-refractivity contribution in [1.29, 1.82) is 0 Å². The molecule has 1 rings (SSSR count). The first-order valence-electron chi connectivity index (χ1n) is 3.88. The zero-order valence-electron chi connectivity index (χ0n) is 7.42. The van der Waals surface area contributed by atoms with Crippen LogP contribution >= 0.6 is 0 Å². The molecule has 0 aromatic carbocycles. The van der Waals surface area contributed by atoms with Gasteiger partial charge in [-0.3, -0.25) is 10.8 Å². The van der Waals surface area contributed by atoms with Crippen LogP contribution in [0.1, 0.15) is 18.7 Å². The third-order valence-electron chi connectivity index (χ3n) is 1.72. The Morgan fingerprint density at radius 2 is 2.46 bits per heavy atom. The zero-order valence-corrected chi connectivity index (χ0v) is 7.42. The highest BCUT2D eigenvalue weighted by molar-refractivity contribution is 5.20. The van der Waals surface area contributed by atoms with Gasteiger partial charge in [0.25, 0.3) is 0 Å². The Kier molecular flexibility index (Phi) is 3.11. The molecule has 1 aromatic rings. The van der Waals surface area contributed by atoms with Crippen LogP contribution in [0.4, 0.5) is 4.39 Å². The molecule has 1 heterocycles. The lowest BCUT2D eigenvalue weighted by Crippen LogP contribution is -2.29. The number of halogens is 1. The first-order chi connectivity index (χ1) is 6.16. The van der Waals surface area contributed by atoms with E-state index in [9.17, 15) is 4.39 Å². The molecule has 1 atom stereocenters. The predicted octanol–water partition coefficient (Wildman–Crippen LogP) is 1.30. The van der Waals surface area contributed by atoms with Crippen LogP contribution in [0.3, 0.4) is 0 Å². The number of nitrogens with zero attached hydrogens (tertiary/aromatic N) is 1. The topological polar surface area (TPSA) is 50.9 Å². The molecule has 0 saturated heterocycles. The van der Waals surface area contributed by atoms with Crippen LogP contribution in [-0.2, 0) is 0 Å². The van der Waals surface area contributed by atoms with E-state index in [-0.39, 0.29) is 11.5 Å². The molecule has 0 aliphatic rings. The van der Waals surface area contributed by atoms with Gasteiger partial charge in [0.1, 0.15) is 5.82 Å². The maximum atomic E-state index is 13.2. The molecule has 1 aromatic heterocycles. The fraction of sp³-hybridized carbons (Fsp3) is 0.222. The quantitative estimate of drug-likeness (QED) is 0.420. The van der Waals surface area contributed by atoms with Crippen molar-refractivity contribution in [1.82, 2.24) is 10.4 Å². The molecule has 0 aliphatic heterocycles. The van der Waals surface area contributed by atoms with Gasteiger partial charge < -0.3 is 0 Å². The van der Waals surface area contributed by atoms with E-state index in [0.717, 1.165) is 5.57 Å². The Bertz CT molecular complexity index is 311. The van der Waals surface area contributed by atoms with Crippen molar-refractivity contribution in [2.45, 2.75) is 13.0 Å². The van der Waals surface area contributed by atoms with Crippen LogP contribution < -0.4 is 11.3 Å². The van der Waals surface area contributed by atoms with Gasteiger partial charge in [-0.1, -0.05) is 12.2 Å². The fourth-order valence-corrected chi connectivity index (χ4v) is 1.06. The minimum atomic E-state index is -0.429. The molecule has 4 heteroatoms. The Labute approximate surface area is 76.4 Å². The molecule has 0 aliphatic carbocycles. The second-order valence-electron chi connectivity index (χ2n) is 2.82. The summed E-state index contributed by atoms with van der Waals surface area (Å²) in [6.07, 6.45) is 1.52. The Hall–Kier alpha value is -1.26. The van der Waals surface area contributed by atoms with Crippen molar-refractivity contribution in [3.05, 3.63) is 42.0 Å². The van der Waals surface area contributed by atoms with Crippen LogP contribution in [-0.4, -0.2) is 4.98 Å². The summed E-state index contributed by atoms with van der Waals surface area (Å²) in [7, 11) is 0. The van der Waals surface area contributed by atoms with Crippen LogP contribution in [0.25, 0.3) is 0 Å². The highest BCUT2D eigenvalue weighted by Crippen LogP contribution is 2.18. The van der Waals surface area contributed by atoms with Gasteiger partial charge in [-0.2, -0.15) is 0 Å². The van der Waals surface area contributed by atoms with Crippen LogP contribution in [0.2, 0.25) is 0 Å². The smallest absolute Gasteiger partial charge is 0.146 e. The van der Waals surface area contributed by atoms with Gasteiger partial charge in [0.05, 0.1) is 11.7 Å². The SMILES string of the molecule is C=C(C)C(NN)c1ncccc1F. The van der Waals surface area contributed by atoms with Gasteiger partial charge >= 0.3 is 0 Å². The van der Waals surface area contributed by atoms with E-state index in [0.29, 0.717) is 0 Å². The number of pyridine rings is 1. The summed E-state index contributed by atoms with van der Waals surface area (Å²) in [6, 6.07) is 2.45. The highest BCUT2D eigenvalue weighted by atomic mass is 19.1. The summed E-state index contributed by atoms with van der Waals surface area (Å²) in [6.45, 7) is 5.46. The van der Waals surface area contributed by atoms with E-state index in [1.165, 1.54) is 18.3 Å². The molecular weight excluding hydrogens is 169 g/mol. The number of aromatic nitrogens is 1. The van der Waals surface area contributed by atoms with Gasteiger partial charge in [0, 0.05) is 6.20 Å². The molecule has 1 unspecified atom stereocenters. The van der Waals surface area contributed by atoms with Crippen LogP contribution in [0.15, 0.2) is 30.5 Å². The molecule has 0 radical (unpaired) electrons. The molecule has 0 saturated carbocycles. The molecule has 0 amide bonds. The zero-order chi connectivity index (χ0) is 9.84. The van der Waals surface area contributed by atoms with Crippen LogP contribution in [0.5, 0.6) is 0 Å². The maximum absolute atomic E-state index is 13.2. The summed E-state index contributed by atoms with van der Waals surface area (Å²) in [5.41, 5.74) is 3.45. The summed E-state index contributed by atoms with van der Waals surface area (Å²) in [5.74, 6) is 4.88.